The summed E-state index contributed by atoms with van der Waals surface area (Å²) < 4.78 is 5.38. The van der Waals surface area contributed by atoms with Crippen molar-refractivity contribution in [1.29, 1.82) is 0 Å². The molecule has 0 radical (unpaired) electrons. The minimum absolute atomic E-state index is 0.310. The molecular weight excluding hydrogens is 418 g/mol. The number of carbonyl (C=O) groups excluding carboxylic acids is 2. The zero-order valence-electron chi connectivity index (χ0n) is 17.2. The highest BCUT2D eigenvalue weighted by Gasteiger charge is 2.18. The summed E-state index contributed by atoms with van der Waals surface area (Å²) in [6, 6.07) is 11.3. The van der Waals surface area contributed by atoms with Crippen molar-refractivity contribution in [2.24, 2.45) is 0 Å². The Labute approximate surface area is 184 Å². The van der Waals surface area contributed by atoms with Crippen LogP contribution < -0.4 is 10.6 Å². The van der Waals surface area contributed by atoms with Gasteiger partial charge in [-0.1, -0.05) is 11.6 Å². The summed E-state index contributed by atoms with van der Waals surface area (Å²) in [5, 5.41) is 6.08. The van der Waals surface area contributed by atoms with Crippen LogP contribution in [0, 0.1) is 0 Å². The Morgan fingerprint density at radius 2 is 1.94 bits per heavy atom. The minimum atomic E-state index is -0.711. The largest absolute Gasteiger partial charge is 0.379 e. The number of aromatic nitrogens is 2. The molecule has 31 heavy (non-hydrogen) atoms. The second-order valence-electron chi connectivity index (χ2n) is 7.50. The zero-order chi connectivity index (χ0) is 21.8. The monoisotopic (exact) mass is 441 g/mol. The number of hydrogen-bond acceptors (Lipinski definition) is 5. The lowest BCUT2D eigenvalue weighted by atomic mass is 10.2. The molecule has 1 fully saturated rings. The predicted octanol–water partition coefficient (Wildman–Crippen LogP) is 2.81. The van der Waals surface area contributed by atoms with Crippen molar-refractivity contribution >= 4 is 40.1 Å². The maximum atomic E-state index is 12.5. The summed E-state index contributed by atoms with van der Waals surface area (Å²) in [4.78, 5) is 35.1. The molecule has 162 valence electrons. The van der Waals surface area contributed by atoms with Gasteiger partial charge in [-0.15, -0.1) is 0 Å². The predicted molar refractivity (Wildman–Crippen MR) is 119 cm³/mol. The van der Waals surface area contributed by atoms with Gasteiger partial charge in [-0.25, -0.2) is 4.98 Å². The molecule has 1 unspecified atom stereocenters. The number of H-pyrrole nitrogens is 1. The van der Waals surface area contributed by atoms with E-state index in [0.717, 1.165) is 49.7 Å². The van der Waals surface area contributed by atoms with Crippen LogP contribution >= 0.6 is 11.6 Å². The minimum Gasteiger partial charge on any atom is -0.379 e. The fourth-order valence-electron chi connectivity index (χ4n) is 3.38. The summed E-state index contributed by atoms with van der Waals surface area (Å²) >= 11 is 5.84. The number of nitrogens with one attached hydrogen (secondary N) is 3. The molecule has 0 saturated carbocycles. The fraction of sp³-hybridized carbons (Fsp3) is 0.318. The van der Waals surface area contributed by atoms with Gasteiger partial charge in [-0.3, -0.25) is 14.5 Å². The number of morpholine rings is 1. The van der Waals surface area contributed by atoms with Crippen LogP contribution in [-0.2, 0) is 16.1 Å². The van der Waals surface area contributed by atoms with Crippen molar-refractivity contribution in [3.63, 3.8) is 0 Å². The number of benzene rings is 2. The number of ether oxygens (including phenoxy) is 1. The maximum Gasteiger partial charge on any atom is 0.251 e. The van der Waals surface area contributed by atoms with Crippen LogP contribution in [-0.4, -0.2) is 59.0 Å². The van der Waals surface area contributed by atoms with E-state index < -0.39 is 6.04 Å². The molecule has 1 aromatic heterocycles. The Bertz CT molecular complexity index is 1080. The SMILES string of the molecule is CC(NC(=O)c1ccc(Cl)cc1)C(=O)Nc1ccc2nc(CN3CCOCC3)[nH]c2c1. The van der Waals surface area contributed by atoms with E-state index in [4.69, 9.17) is 16.3 Å². The molecule has 2 heterocycles. The highest BCUT2D eigenvalue weighted by Crippen LogP contribution is 2.18. The van der Waals surface area contributed by atoms with Crippen LogP contribution in [0.5, 0.6) is 0 Å². The molecule has 0 spiro atoms. The quantitative estimate of drug-likeness (QED) is 0.546. The second-order valence-corrected chi connectivity index (χ2v) is 7.93. The molecule has 0 bridgehead atoms. The molecular formula is C22H24ClN5O3. The van der Waals surface area contributed by atoms with Gasteiger partial charge < -0.3 is 20.4 Å². The van der Waals surface area contributed by atoms with Crippen molar-refractivity contribution in [3.8, 4) is 0 Å². The third kappa shape index (κ3) is 5.41. The van der Waals surface area contributed by atoms with Crippen molar-refractivity contribution in [3.05, 3.63) is 58.9 Å². The second kappa shape index (κ2) is 9.47. The van der Waals surface area contributed by atoms with E-state index in [-0.39, 0.29) is 11.8 Å². The molecule has 8 nitrogen and oxygen atoms in total. The summed E-state index contributed by atoms with van der Waals surface area (Å²) in [7, 11) is 0. The van der Waals surface area contributed by atoms with Gasteiger partial charge in [0.1, 0.15) is 11.9 Å². The number of anilines is 1. The topological polar surface area (TPSA) is 99.3 Å². The van der Waals surface area contributed by atoms with Crippen molar-refractivity contribution in [1.82, 2.24) is 20.2 Å². The molecule has 3 N–H and O–H groups in total. The molecule has 2 amide bonds. The van der Waals surface area contributed by atoms with Gasteiger partial charge in [0.05, 0.1) is 30.8 Å². The lowest BCUT2D eigenvalue weighted by Gasteiger charge is -2.25. The molecule has 3 aromatic rings. The molecule has 2 aromatic carbocycles. The third-order valence-electron chi connectivity index (χ3n) is 5.12. The number of aromatic amines is 1. The molecule has 1 aliphatic rings. The van der Waals surface area contributed by atoms with E-state index in [2.05, 4.69) is 25.5 Å². The maximum absolute atomic E-state index is 12.5. The fourth-order valence-corrected chi connectivity index (χ4v) is 3.51. The van der Waals surface area contributed by atoms with E-state index in [0.29, 0.717) is 16.3 Å². The van der Waals surface area contributed by atoms with Crippen molar-refractivity contribution in [2.45, 2.75) is 19.5 Å². The van der Waals surface area contributed by atoms with E-state index in [1.54, 1.807) is 37.3 Å². The van der Waals surface area contributed by atoms with Crippen LogP contribution in [0.2, 0.25) is 5.02 Å². The first kappa shape index (κ1) is 21.3. The Balaban J connectivity index is 1.37. The van der Waals surface area contributed by atoms with E-state index in [9.17, 15) is 9.59 Å². The van der Waals surface area contributed by atoms with Gasteiger partial charge in [0, 0.05) is 29.4 Å². The number of hydrogen-bond donors (Lipinski definition) is 3. The van der Waals surface area contributed by atoms with E-state index in [1.165, 1.54) is 0 Å². The van der Waals surface area contributed by atoms with E-state index in [1.807, 2.05) is 12.1 Å². The van der Waals surface area contributed by atoms with Gasteiger partial charge in [-0.2, -0.15) is 0 Å². The van der Waals surface area contributed by atoms with Crippen LogP contribution in [0.1, 0.15) is 23.1 Å². The first-order chi connectivity index (χ1) is 15.0. The van der Waals surface area contributed by atoms with Crippen LogP contribution in [0.4, 0.5) is 5.69 Å². The van der Waals surface area contributed by atoms with Gasteiger partial charge in [0.2, 0.25) is 5.91 Å². The van der Waals surface area contributed by atoms with Crippen LogP contribution in [0.3, 0.4) is 0 Å². The van der Waals surface area contributed by atoms with Crippen molar-refractivity contribution < 1.29 is 14.3 Å². The first-order valence-electron chi connectivity index (χ1n) is 10.1. The highest BCUT2D eigenvalue weighted by molar-refractivity contribution is 6.30. The first-order valence-corrected chi connectivity index (χ1v) is 10.5. The number of amides is 2. The molecule has 1 saturated heterocycles. The number of carbonyl (C=O) groups is 2. The Morgan fingerprint density at radius 1 is 1.19 bits per heavy atom. The zero-order valence-corrected chi connectivity index (χ0v) is 17.9. The van der Waals surface area contributed by atoms with Gasteiger partial charge >= 0.3 is 0 Å². The normalized spacial score (nSPS) is 15.5. The highest BCUT2D eigenvalue weighted by atomic mass is 35.5. The number of rotatable bonds is 6. The Kier molecular flexibility index (Phi) is 6.50. The van der Waals surface area contributed by atoms with Gasteiger partial charge in [0.25, 0.3) is 5.91 Å². The van der Waals surface area contributed by atoms with Gasteiger partial charge in [-0.05, 0) is 49.4 Å². The number of imidazole rings is 1. The van der Waals surface area contributed by atoms with Crippen molar-refractivity contribution in [2.75, 3.05) is 31.6 Å². The molecule has 1 aliphatic heterocycles. The van der Waals surface area contributed by atoms with E-state index >= 15 is 0 Å². The lowest BCUT2D eigenvalue weighted by molar-refractivity contribution is -0.117. The Hall–Kier alpha value is -2.94. The van der Waals surface area contributed by atoms with Gasteiger partial charge in [0.15, 0.2) is 0 Å². The average molecular weight is 442 g/mol. The number of nitrogens with zero attached hydrogens (tertiary/aromatic N) is 2. The Morgan fingerprint density at radius 3 is 2.68 bits per heavy atom. The molecule has 1 atom stereocenters. The van der Waals surface area contributed by atoms with Crippen LogP contribution in [0.25, 0.3) is 11.0 Å². The smallest absolute Gasteiger partial charge is 0.251 e. The summed E-state index contributed by atoms with van der Waals surface area (Å²) in [6.45, 7) is 5.62. The summed E-state index contributed by atoms with van der Waals surface area (Å²) in [5.74, 6) is 0.231. The molecule has 9 heteroatoms. The third-order valence-corrected chi connectivity index (χ3v) is 5.37. The lowest BCUT2D eigenvalue weighted by Crippen LogP contribution is -2.41. The number of halogens is 1. The number of fused-ring (bicyclic) bond motifs is 1. The average Bonchev–Trinajstić information content (AvgIpc) is 3.16. The summed E-state index contributed by atoms with van der Waals surface area (Å²) in [6.07, 6.45) is 0. The molecule has 4 rings (SSSR count). The molecule has 0 aliphatic carbocycles. The standard InChI is InChI=1S/C22H24ClN5O3/c1-14(24-22(30)15-2-4-16(23)5-3-15)21(29)25-17-6-7-18-19(12-17)27-20(26-18)13-28-8-10-31-11-9-28/h2-7,12,14H,8-11,13H2,1H3,(H,24,30)(H,25,29)(H,26,27). The summed E-state index contributed by atoms with van der Waals surface area (Å²) in [5.41, 5.74) is 2.76. The van der Waals surface area contributed by atoms with Crippen LogP contribution in [0.15, 0.2) is 42.5 Å².